The molecule has 5 nitrogen and oxygen atoms in total. The number of carbonyl (C=O) groups is 2. The van der Waals surface area contributed by atoms with E-state index < -0.39 is 5.97 Å². The molecule has 0 spiro atoms. The Hall–Kier alpha value is -2.09. The molecule has 1 aromatic carbocycles. The van der Waals surface area contributed by atoms with E-state index in [1.54, 1.807) is 36.4 Å². The van der Waals surface area contributed by atoms with Gasteiger partial charge in [-0.15, -0.1) is 0 Å². The van der Waals surface area contributed by atoms with E-state index in [0.717, 1.165) is 3.77 Å². The fourth-order valence-corrected chi connectivity index (χ4v) is 1.96. The number of ether oxygens (including phenoxy) is 1. The summed E-state index contributed by atoms with van der Waals surface area (Å²) in [5.41, 5.74) is 0.642. The second kappa shape index (κ2) is 7.07. The maximum atomic E-state index is 11.6. The van der Waals surface area contributed by atoms with Crippen molar-refractivity contribution in [2.45, 2.75) is 6.92 Å². The van der Waals surface area contributed by atoms with Gasteiger partial charge < -0.3 is 14.5 Å². The van der Waals surface area contributed by atoms with Gasteiger partial charge >= 0.3 is 5.97 Å². The Labute approximate surface area is 135 Å². The first kappa shape index (κ1) is 15.3. The quantitative estimate of drug-likeness (QED) is 0.372. The Kier molecular flexibility index (Phi) is 5.15. The first-order valence-corrected chi connectivity index (χ1v) is 7.14. The Morgan fingerprint density at radius 1 is 1.19 bits per heavy atom. The number of furan rings is 1. The second-order valence-electron chi connectivity index (χ2n) is 4.10. The van der Waals surface area contributed by atoms with Gasteiger partial charge in [-0.3, -0.25) is 4.79 Å². The van der Waals surface area contributed by atoms with Gasteiger partial charge in [-0.1, -0.05) is 0 Å². The van der Waals surface area contributed by atoms with Crippen molar-refractivity contribution < 1.29 is 18.7 Å². The number of hydrogen-bond acceptors (Lipinski definition) is 4. The van der Waals surface area contributed by atoms with Crippen LogP contribution in [0.3, 0.4) is 0 Å². The second-order valence-corrected chi connectivity index (χ2v) is 5.17. The summed E-state index contributed by atoms with van der Waals surface area (Å²) >= 11 is 2.04. The van der Waals surface area contributed by atoms with Crippen LogP contribution >= 0.6 is 22.6 Å². The number of esters is 1. The van der Waals surface area contributed by atoms with Crippen LogP contribution < -0.4 is 10.1 Å². The number of rotatable bonds is 4. The molecule has 0 radical (unpaired) electrons. The van der Waals surface area contributed by atoms with Crippen molar-refractivity contribution in [3.05, 3.63) is 52.0 Å². The third-order valence-electron chi connectivity index (χ3n) is 2.37. The predicted molar refractivity (Wildman–Crippen MR) is 86.8 cm³/mol. The van der Waals surface area contributed by atoms with Crippen molar-refractivity contribution >= 4 is 46.2 Å². The van der Waals surface area contributed by atoms with Crippen LogP contribution in [-0.4, -0.2) is 11.9 Å². The molecular weight excluding hydrogens is 385 g/mol. The molecule has 1 N–H and O–H groups in total. The van der Waals surface area contributed by atoms with Crippen LogP contribution in [-0.2, 0) is 9.59 Å². The van der Waals surface area contributed by atoms with E-state index in [-0.39, 0.29) is 5.91 Å². The van der Waals surface area contributed by atoms with Crippen LogP contribution in [0.5, 0.6) is 5.75 Å². The maximum Gasteiger partial charge on any atom is 0.336 e. The first-order valence-electron chi connectivity index (χ1n) is 6.06. The minimum Gasteiger partial charge on any atom is -0.451 e. The summed E-state index contributed by atoms with van der Waals surface area (Å²) in [5, 5.41) is 2.63. The van der Waals surface area contributed by atoms with Gasteiger partial charge in [0, 0.05) is 18.7 Å². The molecule has 0 aliphatic heterocycles. The van der Waals surface area contributed by atoms with Gasteiger partial charge in [0.15, 0.2) is 3.77 Å². The van der Waals surface area contributed by atoms with Crippen LogP contribution in [0.1, 0.15) is 12.7 Å². The minimum atomic E-state index is -0.506. The number of benzene rings is 1. The van der Waals surface area contributed by atoms with Crippen molar-refractivity contribution in [3.8, 4) is 5.75 Å². The molecule has 108 valence electrons. The van der Waals surface area contributed by atoms with Gasteiger partial charge in [0.05, 0.1) is 0 Å². The van der Waals surface area contributed by atoms with Crippen molar-refractivity contribution in [1.29, 1.82) is 0 Å². The highest BCUT2D eigenvalue weighted by atomic mass is 127. The normalized spacial score (nSPS) is 10.6. The number of amides is 1. The van der Waals surface area contributed by atoms with E-state index in [1.807, 2.05) is 22.6 Å². The third kappa shape index (κ3) is 5.07. The van der Waals surface area contributed by atoms with E-state index in [4.69, 9.17) is 9.15 Å². The fourth-order valence-electron chi connectivity index (χ4n) is 1.53. The molecule has 0 unspecified atom stereocenters. The fraction of sp³-hybridized carbons (Fsp3) is 0.0667. The summed E-state index contributed by atoms with van der Waals surface area (Å²) in [6, 6.07) is 10.1. The lowest BCUT2D eigenvalue weighted by Crippen LogP contribution is -2.06. The van der Waals surface area contributed by atoms with Crippen molar-refractivity contribution in [1.82, 2.24) is 0 Å². The summed E-state index contributed by atoms with van der Waals surface area (Å²) in [6.45, 7) is 1.43. The molecule has 0 bridgehead atoms. The van der Waals surface area contributed by atoms with Crippen LogP contribution in [0.25, 0.3) is 6.08 Å². The number of nitrogens with one attached hydrogen (secondary N) is 1. The highest BCUT2D eigenvalue weighted by Gasteiger charge is 2.02. The smallest absolute Gasteiger partial charge is 0.336 e. The lowest BCUT2D eigenvalue weighted by atomic mass is 10.3. The predicted octanol–water partition coefficient (Wildman–Crippen LogP) is 3.46. The maximum absolute atomic E-state index is 11.6. The highest BCUT2D eigenvalue weighted by molar-refractivity contribution is 14.1. The van der Waals surface area contributed by atoms with Gasteiger partial charge in [0.25, 0.3) is 0 Å². The monoisotopic (exact) mass is 397 g/mol. The first-order chi connectivity index (χ1) is 10.0. The molecule has 0 atom stereocenters. The standard InChI is InChI=1S/C15H12INO4/c1-10(18)17-11-2-4-13(5-3-11)21-15(19)9-7-12-6-8-14(16)20-12/h2-9H,1H3,(H,17,18). The number of carbonyl (C=O) groups excluding carboxylic acids is 2. The molecule has 0 aliphatic carbocycles. The van der Waals surface area contributed by atoms with Gasteiger partial charge in [0.2, 0.25) is 5.91 Å². The van der Waals surface area contributed by atoms with E-state index in [2.05, 4.69) is 5.32 Å². The topological polar surface area (TPSA) is 68.5 Å². The molecule has 1 aromatic heterocycles. The number of hydrogen-bond donors (Lipinski definition) is 1. The molecule has 0 aliphatic rings. The number of anilines is 1. The van der Waals surface area contributed by atoms with Crippen molar-refractivity contribution in [3.63, 3.8) is 0 Å². The zero-order chi connectivity index (χ0) is 15.2. The van der Waals surface area contributed by atoms with Crippen LogP contribution in [0.15, 0.2) is 46.9 Å². The Morgan fingerprint density at radius 3 is 2.48 bits per heavy atom. The average molecular weight is 397 g/mol. The summed E-state index contributed by atoms with van der Waals surface area (Å²) < 4.78 is 11.2. The van der Waals surface area contributed by atoms with E-state index in [0.29, 0.717) is 17.2 Å². The van der Waals surface area contributed by atoms with Crippen LogP contribution in [0.4, 0.5) is 5.69 Å². The number of halogens is 1. The Bertz CT molecular complexity index is 673. The largest absolute Gasteiger partial charge is 0.451 e. The van der Waals surface area contributed by atoms with Gasteiger partial charge in [-0.25, -0.2) is 4.79 Å². The van der Waals surface area contributed by atoms with Gasteiger partial charge in [0.1, 0.15) is 11.5 Å². The molecule has 0 saturated heterocycles. The zero-order valence-electron chi connectivity index (χ0n) is 11.1. The third-order valence-corrected chi connectivity index (χ3v) is 2.95. The minimum absolute atomic E-state index is 0.157. The molecule has 2 rings (SSSR count). The molecule has 1 amide bonds. The lowest BCUT2D eigenvalue weighted by molar-refractivity contribution is -0.128. The van der Waals surface area contributed by atoms with Crippen LogP contribution in [0, 0.1) is 3.77 Å². The van der Waals surface area contributed by atoms with Crippen molar-refractivity contribution in [2.24, 2.45) is 0 Å². The van der Waals surface area contributed by atoms with Crippen molar-refractivity contribution in [2.75, 3.05) is 5.32 Å². The Morgan fingerprint density at radius 2 is 1.90 bits per heavy atom. The summed E-state index contributed by atoms with van der Waals surface area (Å²) in [5.74, 6) is 0.314. The molecule has 2 aromatic rings. The molecule has 0 fully saturated rings. The summed E-state index contributed by atoms with van der Waals surface area (Å²) in [4.78, 5) is 22.5. The lowest BCUT2D eigenvalue weighted by Gasteiger charge is -2.04. The molecule has 0 saturated carbocycles. The summed E-state index contributed by atoms with van der Waals surface area (Å²) in [6.07, 6.45) is 2.83. The zero-order valence-corrected chi connectivity index (χ0v) is 13.3. The molecule has 21 heavy (non-hydrogen) atoms. The molecule has 1 heterocycles. The SMILES string of the molecule is CC(=O)Nc1ccc(OC(=O)C=Cc2ccc(I)o2)cc1. The van der Waals surface area contributed by atoms with E-state index >= 15 is 0 Å². The van der Waals surface area contributed by atoms with Gasteiger partial charge in [-0.05, 0) is 65.1 Å². The van der Waals surface area contributed by atoms with Crippen LogP contribution in [0.2, 0.25) is 0 Å². The summed E-state index contributed by atoms with van der Waals surface area (Å²) in [7, 11) is 0. The van der Waals surface area contributed by atoms with E-state index in [1.165, 1.54) is 19.1 Å². The molecule has 6 heteroatoms. The average Bonchev–Trinajstić information content (AvgIpc) is 2.84. The van der Waals surface area contributed by atoms with Gasteiger partial charge in [-0.2, -0.15) is 0 Å². The molecular formula is C15H12INO4. The highest BCUT2D eigenvalue weighted by Crippen LogP contribution is 2.16. The Balaban J connectivity index is 1.93. The van der Waals surface area contributed by atoms with E-state index in [9.17, 15) is 9.59 Å².